The molecule has 1 saturated heterocycles. The van der Waals surface area contributed by atoms with Crippen molar-refractivity contribution in [3.8, 4) is 11.6 Å². The van der Waals surface area contributed by atoms with E-state index in [1.54, 1.807) is 35.4 Å². The van der Waals surface area contributed by atoms with Crippen LogP contribution in [0.25, 0.3) is 16.7 Å². The highest BCUT2D eigenvalue weighted by atomic mass is 16.5. The number of amides is 1. The van der Waals surface area contributed by atoms with E-state index in [0.29, 0.717) is 51.6 Å². The van der Waals surface area contributed by atoms with Gasteiger partial charge in [0.2, 0.25) is 5.88 Å². The maximum Gasteiger partial charge on any atom is 0.257 e. The van der Waals surface area contributed by atoms with Crippen LogP contribution in [0.15, 0.2) is 55.2 Å². The Kier molecular flexibility index (Phi) is 5.91. The van der Waals surface area contributed by atoms with Crippen molar-refractivity contribution >= 4 is 34.0 Å². The number of imidazole rings is 1. The molecule has 2 N–H and O–H groups in total. The number of aryl methyl sites for hydroxylation is 2. The molecule has 0 spiro atoms. The van der Waals surface area contributed by atoms with E-state index in [1.165, 1.54) is 0 Å². The number of fused-ring (bicyclic) bond motifs is 2. The van der Waals surface area contributed by atoms with Gasteiger partial charge in [0.1, 0.15) is 11.0 Å². The van der Waals surface area contributed by atoms with Gasteiger partial charge in [0.15, 0.2) is 11.4 Å². The minimum Gasteiger partial charge on any atom is -0.434 e. The van der Waals surface area contributed by atoms with Gasteiger partial charge in [0.25, 0.3) is 5.91 Å². The van der Waals surface area contributed by atoms with Crippen molar-refractivity contribution in [2.75, 3.05) is 23.3 Å². The van der Waals surface area contributed by atoms with E-state index in [4.69, 9.17) is 4.74 Å². The Morgan fingerprint density at radius 3 is 2.58 bits per heavy atom. The molecule has 6 rings (SSSR count). The molecule has 0 radical (unpaired) electrons. The zero-order valence-corrected chi connectivity index (χ0v) is 21.7. The molecular weight excluding hydrogens is 482 g/mol. The van der Waals surface area contributed by atoms with Gasteiger partial charge >= 0.3 is 0 Å². The summed E-state index contributed by atoms with van der Waals surface area (Å²) in [5, 5.41) is 10.9. The van der Waals surface area contributed by atoms with Crippen molar-refractivity contribution in [3.63, 3.8) is 0 Å². The first kappa shape index (κ1) is 23.9. The van der Waals surface area contributed by atoms with E-state index in [0.717, 1.165) is 24.5 Å². The fraction of sp³-hybridized carbons (Fsp3) is 0.296. The van der Waals surface area contributed by atoms with Crippen LogP contribution in [0.4, 0.5) is 11.4 Å². The van der Waals surface area contributed by atoms with Crippen LogP contribution in [-0.4, -0.2) is 60.2 Å². The van der Waals surface area contributed by atoms with Gasteiger partial charge in [-0.25, -0.2) is 4.98 Å². The molecule has 5 heterocycles. The molecule has 0 aliphatic carbocycles. The van der Waals surface area contributed by atoms with Gasteiger partial charge in [-0.3, -0.25) is 19.4 Å². The van der Waals surface area contributed by atoms with Crippen molar-refractivity contribution in [2.45, 2.75) is 32.9 Å². The third kappa shape index (κ3) is 4.52. The van der Waals surface area contributed by atoms with Crippen LogP contribution in [-0.2, 0) is 7.05 Å². The summed E-state index contributed by atoms with van der Waals surface area (Å²) in [6.07, 6.45) is 8.77. The Balaban J connectivity index is 1.34. The van der Waals surface area contributed by atoms with E-state index in [-0.39, 0.29) is 5.91 Å². The normalized spacial score (nSPS) is 17.7. The molecule has 38 heavy (non-hydrogen) atoms. The minimum absolute atomic E-state index is 0.288. The summed E-state index contributed by atoms with van der Waals surface area (Å²) in [5.74, 6) is 0.632. The molecule has 0 bridgehead atoms. The lowest BCUT2D eigenvalue weighted by atomic mass is 10.1. The molecule has 11 nitrogen and oxygen atoms in total. The van der Waals surface area contributed by atoms with Gasteiger partial charge in [0.05, 0.1) is 22.6 Å². The molecule has 1 aromatic carbocycles. The average Bonchev–Trinajstić information content (AvgIpc) is 3.46. The third-order valence-corrected chi connectivity index (χ3v) is 6.55. The molecule has 0 unspecified atom stereocenters. The summed E-state index contributed by atoms with van der Waals surface area (Å²) >= 11 is 0. The number of anilines is 2. The average molecular weight is 512 g/mol. The Morgan fingerprint density at radius 1 is 1.08 bits per heavy atom. The number of ether oxygens (including phenoxy) is 1. The Labute approximate surface area is 219 Å². The van der Waals surface area contributed by atoms with Crippen molar-refractivity contribution in [3.05, 3.63) is 66.5 Å². The lowest BCUT2D eigenvalue weighted by Crippen LogP contribution is -2.54. The van der Waals surface area contributed by atoms with Crippen molar-refractivity contribution in [1.82, 2.24) is 34.4 Å². The molecule has 0 saturated carbocycles. The number of nitrogens with zero attached hydrogens (tertiary/aromatic N) is 7. The van der Waals surface area contributed by atoms with Gasteiger partial charge in [-0.15, -0.1) is 5.10 Å². The van der Waals surface area contributed by atoms with Gasteiger partial charge in [0, 0.05) is 75.3 Å². The number of carbonyl (C=O) groups is 1. The maximum atomic E-state index is 13.6. The SMILES string of the molecule is Cc1cn2cc(NC(=O)c3ccc(N4C[C@@H](C)N[C@@H](C)C4)c4nccnc34)cc(Oc3ccn(C)n3)c2n1. The first-order chi connectivity index (χ1) is 18.3. The van der Waals surface area contributed by atoms with Crippen LogP contribution in [0.2, 0.25) is 0 Å². The van der Waals surface area contributed by atoms with Crippen LogP contribution >= 0.6 is 0 Å². The zero-order valence-electron chi connectivity index (χ0n) is 21.7. The predicted molar refractivity (Wildman–Crippen MR) is 145 cm³/mol. The van der Waals surface area contributed by atoms with Crippen LogP contribution in [0.1, 0.15) is 29.9 Å². The standard InChI is InChI=1S/C27H29N9O2/c1-16-12-35(13-17(2)30-16)21-6-5-20(24-25(21)29-9-8-28-24)27(37)32-19-11-22(38-23-7-10-34(4)33-23)26-31-18(3)14-36(26)15-19/h5-11,14-17,30H,12-13H2,1-4H3,(H,32,37)/t16-,17+. The van der Waals surface area contributed by atoms with Gasteiger partial charge in [-0.05, 0) is 32.9 Å². The summed E-state index contributed by atoms with van der Waals surface area (Å²) in [6.45, 7) is 7.95. The van der Waals surface area contributed by atoms with Crippen molar-refractivity contribution in [1.29, 1.82) is 0 Å². The van der Waals surface area contributed by atoms with Crippen LogP contribution < -0.4 is 20.3 Å². The quantitative estimate of drug-likeness (QED) is 0.368. The molecular formula is C27H29N9O2. The predicted octanol–water partition coefficient (Wildman–Crippen LogP) is 3.55. The fourth-order valence-electron chi connectivity index (χ4n) is 5.10. The number of piperazine rings is 1. The lowest BCUT2D eigenvalue weighted by molar-refractivity contribution is 0.102. The van der Waals surface area contributed by atoms with E-state index in [2.05, 4.69) is 49.4 Å². The third-order valence-electron chi connectivity index (χ3n) is 6.55. The minimum atomic E-state index is -0.288. The number of hydrogen-bond acceptors (Lipinski definition) is 8. The topological polar surface area (TPSA) is 114 Å². The second kappa shape index (κ2) is 9.42. The first-order valence-electron chi connectivity index (χ1n) is 12.6. The molecule has 1 fully saturated rings. The van der Waals surface area contributed by atoms with Crippen LogP contribution in [0.5, 0.6) is 11.6 Å². The second-order valence-corrected chi connectivity index (χ2v) is 9.85. The first-order valence-corrected chi connectivity index (χ1v) is 12.6. The van der Waals surface area contributed by atoms with E-state index < -0.39 is 0 Å². The maximum absolute atomic E-state index is 13.6. The monoisotopic (exact) mass is 511 g/mol. The number of carbonyl (C=O) groups excluding carboxylic acids is 1. The number of benzene rings is 1. The molecule has 5 aromatic rings. The Morgan fingerprint density at radius 2 is 1.84 bits per heavy atom. The van der Waals surface area contributed by atoms with E-state index in [1.807, 2.05) is 42.9 Å². The van der Waals surface area contributed by atoms with Crippen molar-refractivity contribution in [2.24, 2.45) is 7.05 Å². The molecule has 194 valence electrons. The number of hydrogen-bond donors (Lipinski definition) is 2. The van der Waals surface area contributed by atoms with Gasteiger partial charge in [-0.1, -0.05) is 0 Å². The highest BCUT2D eigenvalue weighted by Gasteiger charge is 2.25. The summed E-state index contributed by atoms with van der Waals surface area (Å²) in [4.78, 5) is 29.6. The fourth-order valence-corrected chi connectivity index (χ4v) is 5.10. The Hall–Kier alpha value is -4.51. The largest absolute Gasteiger partial charge is 0.434 e. The van der Waals surface area contributed by atoms with Gasteiger partial charge < -0.3 is 24.7 Å². The zero-order chi connectivity index (χ0) is 26.4. The number of pyridine rings is 1. The number of rotatable bonds is 5. The highest BCUT2D eigenvalue weighted by molar-refractivity contribution is 6.13. The van der Waals surface area contributed by atoms with Crippen LogP contribution in [0, 0.1) is 6.92 Å². The summed E-state index contributed by atoms with van der Waals surface area (Å²) in [6, 6.07) is 8.00. The van der Waals surface area contributed by atoms with E-state index in [9.17, 15) is 4.79 Å². The molecule has 1 aliphatic heterocycles. The van der Waals surface area contributed by atoms with E-state index >= 15 is 0 Å². The Bertz CT molecular complexity index is 1650. The molecule has 2 atom stereocenters. The summed E-state index contributed by atoms with van der Waals surface area (Å²) in [5.41, 5.74) is 4.70. The lowest BCUT2D eigenvalue weighted by Gasteiger charge is -2.38. The second-order valence-electron chi connectivity index (χ2n) is 9.85. The molecule has 4 aromatic heterocycles. The summed E-state index contributed by atoms with van der Waals surface area (Å²) in [7, 11) is 1.82. The molecule has 1 amide bonds. The highest BCUT2D eigenvalue weighted by Crippen LogP contribution is 2.31. The van der Waals surface area contributed by atoms with Gasteiger partial charge in [-0.2, -0.15) is 0 Å². The van der Waals surface area contributed by atoms with Crippen LogP contribution in [0.3, 0.4) is 0 Å². The number of aromatic nitrogens is 6. The smallest absolute Gasteiger partial charge is 0.257 e. The number of nitrogens with one attached hydrogen (secondary N) is 2. The summed E-state index contributed by atoms with van der Waals surface area (Å²) < 4.78 is 9.51. The molecule has 1 aliphatic rings. The molecule has 11 heteroatoms. The van der Waals surface area contributed by atoms with Crippen molar-refractivity contribution < 1.29 is 9.53 Å².